The number of allylic oxidation sites excluding steroid dienone is 4. The number of rotatable bonds is 6. The van der Waals surface area contributed by atoms with Gasteiger partial charge in [0.05, 0.1) is 0 Å². The number of fused-ring (bicyclic) bond motifs is 1. The molecule has 0 unspecified atom stereocenters. The fraction of sp³-hybridized carbons (Fsp3) is 0.0833. The van der Waals surface area contributed by atoms with Crippen LogP contribution in [0.5, 0.6) is 5.88 Å². The lowest BCUT2D eigenvalue weighted by molar-refractivity contribution is 0.273. The molecule has 0 fully saturated rings. The molecular formula is C24H18N8O. The van der Waals surface area contributed by atoms with Gasteiger partial charge >= 0.3 is 0 Å². The molecular weight excluding hydrogens is 416 g/mol. The predicted molar refractivity (Wildman–Crippen MR) is 122 cm³/mol. The van der Waals surface area contributed by atoms with Crippen LogP contribution in [0.1, 0.15) is 11.4 Å². The number of aromatic nitrogens is 8. The fourth-order valence-electron chi connectivity index (χ4n) is 3.64. The van der Waals surface area contributed by atoms with Crippen LogP contribution in [-0.2, 0) is 13.7 Å². The maximum Gasteiger partial charge on any atom is 0.240 e. The molecule has 0 aliphatic heterocycles. The van der Waals surface area contributed by atoms with Crippen molar-refractivity contribution in [1.29, 1.82) is 0 Å². The second-order valence-electron chi connectivity index (χ2n) is 7.55. The largest absolute Gasteiger partial charge is 0.468 e. The second-order valence-corrected chi connectivity index (χ2v) is 7.55. The number of ether oxygens (including phenoxy) is 1. The van der Waals surface area contributed by atoms with Gasteiger partial charge in [-0.05, 0) is 29.3 Å². The van der Waals surface area contributed by atoms with Gasteiger partial charge in [-0.25, -0.2) is 4.98 Å². The van der Waals surface area contributed by atoms with E-state index in [2.05, 4.69) is 31.3 Å². The van der Waals surface area contributed by atoms with Crippen LogP contribution in [0.3, 0.4) is 0 Å². The first-order valence-corrected chi connectivity index (χ1v) is 10.4. The van der Waals surface area contributed by atoms with Crippen molar-refractivity contribution in [3.63, 3.8) is 0 Å². The topological polar surface area (TPSA) is 95.9 Å². The molecule has 6 rings (SSSR count). The van der Waals surface area contributed by atoms with Gasteiger partial charge in [0.25, 0.3) is 0 Å². The molecule has 0 saturated carbocycles. The van der Waals surface area contributed by atoms with Gasteiger partial charge in [-0.1, -0.05) is 42.5 Å². The first-order valence-electron chi connectivity index (χ1n) is 10.4. The molecule has 0 bridgehead atoms. The third-order valence-electron chi connectivity index (χ3n) is 5.48. The standard InChI is InChI=1S/C24H18N8O/c1-31-22(26-15-27-31)14-33-24-20(16-5-2-6-16)12-21-28-29-23(32(21)30-24)18-8-3-7-17(11-18)19-9-4-10-25-13-19/h2-13,15H,14H2,1H3. The van der Waals surface area contributed by atoms with E-state index in [0.717, 1.165) is 27.8 Å². The van der Waals surface area contributed by atoms with E-state index < -0.39 is 0 Å². The average Bonchev–Trinajstić information content (AvgIpc) is 3.42. The van der Waals surface area contributed by atoms with Crippen LogP contribution in [0, 0.1) is 0 Å². The molecule has 1 aromatic carbocycles. The van der Waals surface area contributed by atoms with E-state index in [1.54, 1.807) is 15.4 Å². The van der Waals surface area contributed by atoms with Crippen molar-refractivity contribution in [3.05, 3.63) is 90.8 Å². The van der Waals surface area contributed by atoms with Crippen LogP contribution in [0.25, 0.3) is 33.7 Å². The summed E-state index contributed by atoms with van der Waals surface area (Å²) >= 11 is 0. The number of hydrogen-bond donors (Lipinski definition) is 0. The third kappa shape index (κ3) is 3.45. The zero-order valence-electron chi connectivity index (χ0n) is 17.7. The molecule has 0 N–H and O–H groups in total. The van der Waals surface area contributed by atoms with E-state index in [9.17, 15) is 0 Å². The van der Waals surface area contributed by atoms with Crippen molar-refractivity contribution < 1.29 is 4.74 Å². The number of pyridine rings is 1. The Morgan fingerprint density at radius 1 is 1.00 bits per heavy atom. The van der Waals surface area contributed by atoms with E-state index in [4.69, 9.17) is 9.84 Å². The molecule has 9 heteroatoms. The smallest absolute Gasteiger partial charge is 0.240 e. The predicted octanol–water partition coefficient (Wildman–Crippen LogP) is 3.51. The zero-order valence-corrected chi connectivity index (χ0v) is 17.7. The van der Waals surface area contributed by atoms with Gasteiger partial charge in [-0.15, -0.1) is 15.3 Å². The van der Waals surface area contributed by atoms with Crippen LogP contribution in [-0.4, -0.2) is 39.6 Å². The van der Waals surface area contributed by atoms with Crippen molar-refractivity contribution in [3.8, 4) is 28.4 Å². The maximum absolute atomic E-state index is 6.09. The lowest BCUT2D eigenvalue weighted by atomic mass is 10.0. The van der Waals surface area contributed by atoms with Gasteiger partial charge in [-0.2, -0.15) is 9.61 Å². The lowest BCUT2D eigenvalue weighted by Gasteiger charge is -2.14. The number of hydrogen-bond acceptors (Lipinski definition) is 7. The van der Waals surface area contributed by atoms with Crippen LogP contribution in [0.4, 0.5) is 0 Å². The van der Waals surface area contributed by atoms with Crippen molar-refractivity contribution in [2.24, 2.45) is 7.05 Å². The van der Waals surface area contributed by atoms with Crippen LogP contribution in [0.2, 0.25) is 0 Å². The molecule has 1 aliphatic rings. The number of aryl methyl sites for hydroxylation is 1. The Hall–Kier alpha value is -4.66. The van der Waals surface area contributed by atoms with Gasteiger partial charge < -0.3 is 4.74 Å². The molecule has 0 amide bonds. The maximum atomic E-state index is 6.09. The average molecular weight is 434 g/mol. The minimum Gasteiger partial charge on any atom is -0.468 e. The van der Waals surface area contributed by atoms with Gasteiger partial charge in [0.2, 0.25) is 5.88 Å². The minimum atomic E-state index is 0.243. The molecule has 0 saturated heterocycles. The fourth-order valence-corrected chi connectivity index (χ4v) is 3.64. The van der Waals surface area contributed by atoms with E-state index in [1.807, 2.05) is 67.9 Å². The number of nitrogens with zero attached hydrogens (tertiary/aromatic N) is 8. The van der Waals surface area contributed by atoms with Crippen LogP contribution in [0.15, 0.2) is 79.4 Å². The molecule has 0 spiro atoms. The molecule has 4 heterocycles. The van der Waals surface area contributed by atoms with E-state index in [1.165, 1.54) is 6.33 Å². The SMILES string of the molecule is Cn1ncnc1COc1nn2c(-c3cccc(-c4cccnc4)c3)nnc2cc1C1=CC=C1. The Bertz CT molecular complexity index is 1530. The van der Waals surface area contributed by atoms with Crippen molar-refractivity contribution in [2.75, 3.05) is 0 Å². The number of benzene rings is 1. The van der Waals surface area contributed by atoms with Crippen molar-refractivity contribution >= 4 is 11.2 Å². The Morgan fingerprint density at radius 3 is 2.64 bits per heavy atom. The quantitative estimate of drug-likeness (QED) is 0.403. The summed E-state index contributed by atoms with van der Waals surface area (Å²) in [5.74, 6) is 1.81. The Morgan fingerprint density at radius 2 is 1.88 bits per heavy atom. The summed E-state index contributed by atoms with van der Waals surface area (Å²) < 4.78 is 9.47. The molecule has 1 aliphatic carbocycles. The van der Waals surface area contributed by atoms with E-state index in [0.29, 0.717) is 23.2 Å². The minimum absolute atomic E-state index is 0.243. The van der Waals surface area contributed by atoms with Gasteiger partial charge in [-0.3, -0.25) is 9.67 Å². The van der Waals surface area contributed by atoms with Gasteiger partial charge in [0.1, 0.15) is 12.9 Å². The normalized spacial score (nSPS) is 12.6. The van der Waals surface area contributed by atoms with Gasteiger partial charge in [0, 0.05) is 36.1 Å². The molecule has 9 nitrogen and oxygen atoms in total. The van der Waals surface area contributed by atoms with E-state index in [-0.39, 0.29) is 6.61 Å². The van der Waals surface area contributed by atoms with Crippen LogP contribution < -0.4 is 4.74 Å². The Labute approximate surface area is 188 Å². The summed E-state index contributed by atoms with van der Waals surface area (Å²) in [5.41, 5.74) is 5.48. The lowest BCUT2D eigenvalue weighted by Crippen LogP contribution is -2.09. The summed E-state index contributed by atoms with van der Waals surface area (Å²) in [5, 5.41) is 17.7. The second kappa shape index (κ2) is 7.79. The first kappa shape index (κ1) is 19.1. The zero-order chi connectivity index (χ0) is 22.2. The molecule has 5 aromatic rings. The molecule has 0 radical (unpaired) electrons. The first-order chi connectivity index (χ1) is 16.3. The molecule has 160 valence electrons. The Balaban J connectivity index is 1.42. The summed E-state index contributed by atoms with van der Waals surface area (Å²) in [6.45, 7) is 0.243. The van der Waals surface area contributed by atoms with Crippen LogP contribution >= 0.6 is 0 Å². The van der Waals surface area contributed by atoms with Crippen molar-refractivity contribution in [1.82, 2.24) is 39.6 Å². The van der Waals surface area contributed by atoms with Crippen molar-refractivity contribution in [2.45, 2.75) is 6.61 Å². The highest BCUT2D eigenvalue weighted by molar-refractivity contribution is 5.84. The highest BCUT2D eigenvalue weighted by Gasteiger charge is 2.18. The summed E-state index contributed by atoms with van der Waals surface area (Å²) in [4.78, 5) is 8.45. The third-order valence-corrected chi connectivity index (χ3v) is 5.48. The van der Waals surface area contributed by atoms with E-state index >= 15 is 0 Å². The monoisotopic (exact) mass is 434 g/mol. The Kier molecular flexibility index (Phi) is 4.50. The molecule has 0 atom stereocenters. The molecule has 33 heavy (non-hydrogen) atoms. The highest BCUT2D eigenvalue weighted by atomic mass is 16.5. The molecule has 4 aromatic heterocycles. The van der Waals surface area contributed by atoms with Gasteiger partial charge in [0.15, 0.2) is 17.3 Å². The summed E-state index contributed by atoms with van der Waals surface area (Å²) in [6, 6.07) is 14.0. The summed E-state index contributed by atoms with van der Waals surface area (Å²) in [7, 11) is 1.83. The summed E-state index contributed by atoms with van der Waals surface area (Å²) in [6.07, 6.45) is 11.1. The highest BCUT2D eigenvalue weighted by Crippen LogP contribution is 2.32.